The summed E-state index contributed by atoms with van der Waals surface area (Å²) >= 11 is 0. The molecule has 0 bridgehead atoms. The molecule has 1 heterocycles. The molecule has 1 aromatic rings. The van der Waals surface area contributed by atoms with Crippen molar-refractivity contribution in [3.63, 3.8) is 0 Å². The van der Waals surface area contributed by atoms with Gasteiger partial charge in [0.05, 0.1) is 16.5 Å². The van der Waals surface area contributed by atoms with E-state index in [0.717, 1.165) is 18.2 Å². The minimum atomic E-state index is -4.61. The van der Waals surface area contributed by atoms with Crippen molar-refractivity contribution in [1.29, 1.82) is 0 Å². The lowest BCUT2D eigenvalue weighted by atomic mass is 10.0. The smallest absolute Gasteiger partial charge is 0.416 e. The zero-order chi connectivity index (χ0) is 28.4. The Kier molecular flexibility index (Phi) is 12.2. The first-order valence-electron chi connectivity index (χ1n) is 11.4. The molecule has 1 aromatic carbocycles. The normalized spacial score (nSPS) is 15.8. The van der Waals surface area contributed by atoms with Gasteiger partial charge in [-0.15, -0.1) is 0 Å². The molecule has 1 saturated heterocycles. The van der Waals surface area contributed by atoms with Crippen LogP contribution in [-0.2, 0) is 30.6 Å². The number of likely N-dealkylation sites (tertiary alicyclic amines) is 1. The number of hydrogen-bond donors (Lipinski definition) is 4. The molecule has 2 rings (SSSR count). The number of carbonyl (C=O) groups is 3. The standard InChI is InChI=1S/C19H28F3N3O3S.C4H4O4/c1-13(2)11-17(23-3)18(26)25-9-7-15(8-10-25)24-29(27,28)16-6-4-5-14(12-16)19(20,21)22;5-3(6)1-2-4(7)8/h4-6,12-13,15,17,23-24H,7-11H2,1-3H3;1-2H,(H,5,6)(H,7,8)/t17-;/m0./s1. The van der Waals surface area contributed by atoms with E-state index in [4.69, 9.17) is 10.2 Å². The quantitative estimate of drug-likeness (QED) is 0.341. The van der Waals surface area contributed by atoms with Gasteiger partial charge in [0.15, 0.2) is 0 Å². The average Bonchev–Trinajstić information content (AvgIpc) is 2.81. The number of hydrogen-bond acceptors (Lipinski definition) is 6. The SMILES string of the molecule is CN[C@@H](CC(C)C)C(=O)N1CCC(NS(=O)(=O)c2cccc(C(F)(F)F)c2)CC1.O=C(O)C=CC(=O)O. The summed E-state index contributed by atoms with van der Waals surface area (Å²) in [7, 11) is -2.35. The predicted octanol–water partition coefficient (Wildman–Crippen LogP) is 2.32. The Labute approximate surface area is 213 Å². The van der Waals surface area contributed by atoms with Crippen LogP contribution in [0.5, 0.6) is 0 Å². The minimum Gasteiger partial charge on any atom is -0.478 e. The van der Waals surface area contributed by atoms with Gasteiger partial charge in [-0.25, -0.2) is 22.7 Å². The predicted molar refractivity (Wildman–Crippen MR) is 128 cm³/mol. The maximum atomic E-state index is 12.8. The number of aliphatic carboxylic acids is 2. The molecule has 1 aliphatic heterocycles. The van der Waals surface area contributed by atoms with E-state index in [1.807, 2.05) is 13.8 Å². The largest absolute Gasteiger partial charge is 0.478 e. The van der Waals surface area contributed by atoms with Crippen LogP contribution in [0.3, 0.4) is 0 Å². The zero-order valence-electron chi connectivity index (χ0n) is 20.7. The van der Waals surface area contributed by atoms with Gasteiger partial charge < -0.3 is 20.4 Å². The fraction of sp³-hybridized carbons (Fsp3) is 0.522. The highest BCUT2D eigenvalue weighted by Crippen LogP contribution is 2.30. The molecule has 1 amide bonds. The molecular formula is C23H32F3N3O7S. The molecule has 0 saturated carbocycles. The van der Waals surface area contributed by atoms with Gasteiger partial charge >= 0.3 is 18.1 Å². The number of nitrogens with zero attached hydrogens (tertiary/aromatic N) is 1. The zero-order valence-corrected chi connectivity index (χ0v) is 21.5. The van der Waals surface area contributed by atoms with E-state index in [9.17, 15) is 36.0 Å². The van der Waals surface area contributed by atoms with Crippen LogP contribution in [-0.4, -0.2) is 73.6 Å². The number of benzene rings is 1. The Morgan fingerprint density at radius 3 is 2.08 bits per heavy atom. The van der Waals surface area contributed by atoms with E-state index in [-0.39, 0.29) is 11.9 Å². The highest BCUT2D eigenvalue weighted by molar-refractivity contribution is 7.89. The number of halogens is 3. The number of piperidine rings is 1. The summed E-state index contributed by atoms with van der Waals surface area (Å²) in [5.74, 6) is -2.17. The number of likely N-dealkylation sites (N-methyl/N-ethyl adjacent to an activating group) is 1. The topological polar surface area (TPSA) is 153 Å². The van der Waals surface area contributed by atoms with Crippen molar-refractivity contribution in [3.05, 3.63) is 42.0 Å². The Morgan fingerprint density at radius 2 is 1.65 bits per heavy atom. The lowest BCUT2D eigenvalue weighted by Crippen LogP contribution is -2.51. The molecular weight excluding hydrogens is 519 g/mol. The molecule has 0 spiro atoms. The van der Waals surface area contributed by atoms with Crippen molar-refractivity contribution in [1.82, 2.24) is 14.9 Å². The van der Waals surface area contributed by atoms with Gasteiger partial charge in [0, 0.05) is 31.3 Å². The Bertz CT molecular complexity index is 1050. The summed E-state index contributed by atoms with van der Waals surface area (Å²) in [5, 5.41) is 18.6. The molecule has 0 aromatic heterocycles. The maximum absolute atomic E-state index is 12.8. The fourth-order valence-corrected chi connectivity index (χ4v) is 4.87. The van der Waals surface area contributed by atoms with Crippen LogP contribution in [0.25, 0.3) is 0 Å². The third-order valence-electron chi connectivity index (χ3n) is 5.32. The summed E-state index contributed by atoms with van der Waals surface area (Å²) in [5.41, 5.74) is -1.01. The molecule has 1 fully saturated rings. The van der Waals surface area contributed by atoms with Crippen molar-refractivity contribution in [3.8, 4) is 0 Å². The van der Waals surface area contributed by atoms with Crippen LogP contribution in [0.15, 0.2) is 41.3 Å². The summed E-state index contributed by atoms with van der Waals surface area (Å²) < 4.78 is 66.0. The van der Waals surface area contributed by atoms with Gasteiger partial charge in [-0.05, 0) is 50.4 Å². The lowest BCUT2D eigenvalue weighted by Gasteiger charge is -2.34. The van der Waals surface area contributed by atoms with Crippen LogP contribution in [0.1, 0.15) is 38.7 Å². The van der Waals surface area contributed by atoms with Crippen LogP contribution in [0, 0.1) is 5.92 Å². The number of carboxylic acids is 2. The van der Waals surface area contributed by atoms with Crippen LogP contribution < -0.4 is 10.0 Å². The average molecular weight is 552 g/mol. The summed E-state index contributed by atoms with van der Waals surface area (Å²) in [6, 6.07) is 2.96. The maximum Gasteiger partial charge on any atom is 0.416 e. The summed E-state index contributed by atoms with van der Waals surface area (Å²) in [6.45, 7) is 4.86. The second-order valence-corrected chi connectivity index (χ2v) is 10.4. The van der Waals surface area contributed by atoms with E-state index >= 15 is 0 Å². The molecule has 1 atom stereocenters. The molecule has 0 unspecified atom stereocenters. The van der Waals surface area contributed by atoms with Gasteiger partial charge in [0.1, 0.15) is 0 Å². The van der Waals surface area contributed by atoms with E-state index in [0.29, 0.717) is 56.5 Å². The van der Waals surface area contributed by atoms with Gasteiger partial charge in [-0.1, -0.05) is 19.9 Å². The second kappa shape index (κ2) is 14.1. The first-order valence-corrected chi connectivity index (χ1v) is 12.8. The number of amides is 1. The summed E-state index contributed by atoms with van der Waals surface area (Å²) in [6.07, 6.45) is -1.98. The first-order chi connectivity index (χ1) is 17.1. The molecule has 1 aliphatic rings. The van der Waals surface area contributed by atoms with Gasteiger partial charge in [-0.3, -0.25) is 4.79 Å². The molecule has 208 valence electrons. The molecule has 0 radical (unpaired) electrons. The third kappa shape index (κ3) is 11.3. The highest BCUT2D eigenvalue weighted by atomic mass is 32.2. The van der Waals surface area contributed by atoms with Crippen molar-refractivity contribution in [2.45, 2.75) is 56.3 Å². The molecule has 10 nitrogen and oxygen atoms in total. The second-order valence-electron chi connectivity index (χ2n) is 8.73. The number of nitrogens with one attached hydrogen (secondary N) is 2. The Morgan fingerprint density at radius 1 is 1.11 bits per heavy atom. The molecule has 14 heteroatoms. The van der Waals surface area contributed by atoms with Crippen molar-refractivity contribution in [2.24, 2.45) is 5.92 Å². The summed E-state index contributed by atoms with van der Waals surface area (Å²) in [4.78, 5) is 33.0. The Hall–Kier alpha value is -2.97. The first kappa shape index (κ1) is 32.1. The monoisotopic (exact) mass is 551 g/mol. The number of sulfonamides is 1. The number of carbonyl (C=O) groups excluding carboxylic acids is 1. The number of carboxylic acid groups (broad SMARTS) is 2. The van der Waals surface area contributed by atoms with E-state index in [1.165, 1.54) is 0 Å². The van der Waals surface area contributed by atoms with Crippen molar-refractivity contribution < 1.29 is 46.2 Å². The van der Waals surface area contributed by atoms with Gasteiger partial charge in [-0.2, -0.15) is 13.2 Å². The van der Waals surface area contributed by atoms with Gasteiger partial charge in [0.25, 0.3) is 0 Å². The van der Waals surface area contributed by atoms with E-state index < -0.39 is 44.6 Å². The van der Waals surface area contributed by atoms with Crippen LogP contribution in [0.2, 0.25) is 0 Å². The molecule has 0 aliphatic carbocycles. The highest BCUT2D eigenvalue weighted by Gasteiger charge is 2.33. The molecule has 4 N–H and O–H groups in total. The number of alkyl halides is 3. The van der Waals surface area contributed by atoms with E-state index in [2.05, 4.69) is 10.0 Å². The fourth-order valence-electron chi connectivity index (χ4n) is 3.52. The minimum absolute atomic E-state index is 0.0135. The van der Waals surface area contributed by atoms with Gasteiger partial charge in [0.2, 0.25) is 15.9 Å². The van der Waals surface area contributed by atoms with Crippen molar-refractivity contribution in [2.75, 3.05) is 20.1 Å². The number of rotatable bonds is 9. The Balaban J connectivity index is 0.000000738. The lowest BCUT2D eigenvalue weighted by molar-refractivity contribution is -0.138. The van der Waals surface area contributed by atoms with Crippen LogP contribution in [0.4, 0.5) is 13.2 Å². The van der Waals surface area contributed by atoms with Crippen LogP contribution >= 0.6 is 0 Å². The van der Waals surface area contributed by atoms with E-state index in [1.54, 1.807) is 11.9 Å². The molecule has 37 heavy (non-hydrogen) atoms. The third-order valence-corrected chi connectivity index (χ3v) is 6.84. The van der Waals surface area contributed by atoms with Crippen molar-refractivity contribution >= 4 is 27.9 Å².